The summed E-state index contributed by atoms with van der Waals surface area (Å²) in [6, 6.07) is 36.4. The number of fused-ring (bicyclic) bond motifs is 1. The quantitative estimate of drug-likeness (QED) is 0.0637. The summed E-state index contributed by atoms with van der Waals surface area (Å²) < 4.78 is 88.8. The Labute approximate surface area is 422 Å². The molecule has 368 valence electrons. The highest BCUT2D eigenvalue weighted by Crippen LogP contribution is 2.44. The number of nitrogens with zero attached hydrogens (tertiary/aromatic N) is 6. The van der Waals surface area contributed by atoms with Crippen LogP contribution in [0.2, 0.25) is 0 Å². The number of alkyl carbamates (subject to hydrolysis) is 1. The lowest BCUT2D eigenvalue weighted by atomic mass is 9.98. The van der Waals surface area contributed by atoms with Crippen LogP contribution in [-0.4, -0.2) is 98.1 Å². The first kappa shape index (κ1) is 50.6. The van der Waals surface area contributed by atoms with Crippen molar-refractivity contribution in [3.05, 3.63) is 160 Å². The zero-order chi connectivity index (χ0) is 50.1. The number of hydrogen-bond donors (Lipinski definition) is 3. The highest BCUT2D eigenvalue weighted by atomic mass is 79.9. The number of para-hydroxylation sites is 1. The number of aliphatic hydroxyl groups is 1. The van der Waals surface area contributed by atoms with E-state index < -0.39 is 55.1 Å². The van der Waals surface area contributed by atoms with E-state index in [1.807, 2.05) is 24.3 Å². The van der Waals surface area contributed by atoms with Gasteiger partial charge in [-0.1, -0.05) is 84.9 Å². The number of rotatable bonds is 21. The molecule has 22 heteroatoms. The van der Waals surface area contributed by atoms with Gasteiger partial charge in [-0.2, -0.15) is 9.10 Å². The van der Waals surface area contributed by atoms with Crippen LogP contribution < -0.4 is 24.2 Å². The molecule has 3 N–H and O–H groups in total. The number of carbonyl (C=O) groups is 1. The second-order valence-corrected chi connectivity index (χ2v) is 21.7. The lowest BCUT2D eigenvalue weighted by Crippen LogP contribution is -2.46. The second kappa shape index (κ2) is 22.5. The Morgan fingerprint density at radius 3 is 1.94 bits per heavy atom. The summed E-state index contributed by atoms with van der Waals surface area (Å²) in [5.74, 6) is 1.49. The number of benzene rings is 6. The van der Waals surface area contributed by atoms with E-state index in [0.717, 1.165) is 20.1 Å². The van der Waals surface area contributed by atoms with Crippen molar-refractivity contribution in [2.45, 2.75) is 42.1 Å². The molecule has 2 aromatic heterocycles. The van der Waals surface area contributed by atoms with Crippen LogP contribution in [0.1, 0.15) is 22.3 Å². The van der Waals surface area contributed by atoms with Gasteiger partial charge in [0, 0.05) is 25.2 Å². The van der Waals surface area contributed by atoms with Crippen molar-refractivity contribution in [1.29, 1.82) is 0 Å². The topological polar surface area (TPSA) is 226 Å². The van der Waals surface area contributed by atoms with E-state index in [2.05, 4.69) is 36.3 Å². The summed E-state index contributed by atoms with van der Waals surface area (Å²) in [5.41, 5.74) is 3.56. The smallest absolute Gasteiger partial charge is 0.407 e. The standard InChI is InChI=1S/C49H47BrN8O10S3/c1-65-37-18-12-32(13-19-37)27-57(28-33-14-20-38(66-2)21-15-33)71(63,64)46-43(70(61,62)55-36(30-59)26-51-49(60)68-31-35-8-5-4-6-9-35)25-24-40(41-10-7-11-42-45(41)52-48(50)69-42)44(46)47-53-56-58(54-47)29-34-16-22-39(67-3)23-17-34/h4-25,36,55,59H,26-31H2,1-3H3,(H,51,60)/t36-/m0/s1. The van der Waals surface area contributed by atoms with Gasteiger partial charge >= 0.3 is 6.09 Å². The Hall–Kier alpha value is -6.79. The van der Waals surface area contributed by atoms with Gasteiger partial charge in [-0.05, 0) is 97.5 Å². The minimum atomic E-state index is -5.02. The minimum absolute atomic E-state index is 0.0631. The van der Waals surface area contributed by atoms with Crippen molar-refractivity contribution in [3.63, 3.8) is 0 Å². The third-order valence-corrected chi connectivity index (χ3v) is 16.2. The molecule has 0 aliphatic rings. The largest absolute Gasteiger partial charge is 0.497 e. The van der Waals surface area contributed by atoms with E-state index in [-0.39, 0.29) is 43.2 Å². The molecule has 0 fully saturated rings. The lowest BCUT2D eigenvalue weighted by molar-refractivity contribution is 0.137. The number of sulfonamides is 2. The maximum Gasteiger partial charge on any atom is 0.407 e. The Morgan fingerprint density at radius 2 is 1.35 bits per heavy atom. The Bertz CT molecular complexity index is 3290. The van der Waals surface area contributed by atoms with Crippen LogP contribution in [0.4, 0.5) is 4.79 Å². The zero-order valence-corrected chi connectivity index (χ0v) is 42.5. The summed E-state index contributed by atoms with van der Waals surface area (Å²) in [6.07, 6.45) is -0.874. The highest BCUT2D eigenvalue weighted by molar-refractivity contribution is 9.11. The molecule has 2 heterocycles. The fraction of sp³-hybridized carbons (Fsp3) is 0.204. The van der Waals surface area contributed by atoms with Gasteiger partial charge in [-0.3, -0.25) is 0 Å². The fourth-order valence-corrected chi connectivity index (χ4v) is 12.6. The molecular weight excluding hydrogens is 1040 g/mol. The van der Waals surface area contributed by atoms with E-state index in [4.69, 9.17) is 29.0 Å². The molecule has 0 unspecified atom stereocenters. The maximum absolute atomic E-state index is 16.2. The first-order valence-electron chi connectivity index (χ1n) is 21.8. The van der Waals surface area contributed by atoms with E-state index >= 15 is 16.8 Å². The zero-order valence-electron chi connectivity index (χ0n) is 38.4. The predicted octanol–water partition coefficient (Wildman–Crippen LogP) is 7.41. The lowest BCUT2D eigenvalue weighted by Gasteiger charge is -2.27. The van der Waals surface area contributed by atoms with Gasteiger partial charge in [-0.25, -0.2) is 31.3 Å². The molecule has 0 aliphatic heterocycles. The summed E-state index contributed by atoms with van der Waals surface area (Å²) in [7, 11) is -5.39. The number of methoxy groups -OCH3 is 3. The molecule has 0 aliphatic carbocycles. The number of ether oxygens (including phenoxy) is 4. The summed E-state index contributed by atoms with van der Waals surface area (Å²) in [5, 5.41) is 26.5. The monoisotopic (exact) mass is 1080 g/mol. The summed E-state index contributed by atoms with van der Waals surface area (Å²) in [6.45, 7) is -1.67. The molecule has 18 nitrogen and oxygen atoms in total. The molecular formula is C49H47BrN8O10S3. The molecule has 0 bridgehead atoms. The van der Waals surface area contributed by atoms with Crippen LogP contribution in [0.3, 0.4) is 0 Å². The average molecular weight is 1080 g/mol. The Morgan fingerprint density at radius 1 is 0.746 bits per heavy atom. The van der Waals surface area contributed by atoms with Crippen LogP contribution in [0.15, 0.2) is 147 Å². The van der Waals surface area contributed by atoms with Crippen LogP contribution >= 0.6 is 27.3 Å². The van der Waals surface area contributed by atoms with Gasteiger partial charge in [0.1, 0.15) is 33.6 Å². The Balaban J connectivity index is 1.31. The molecule has 8 aromatic rings. The molecule has 8 rings (SSSR count). The summed E-state index contributed by atoms with van der Waals surface area (Å²) >= 11 is 4.85. The van der Waals surface area contributed by atoms with Crippen LogP contribution in [-0.2, 0) is 51.0 Å². The Kier molecular flexibility index (Phi) is 16.1. The van der Waals surface area contributed by atoms with Gasteiger partial charge in [0.2, 0.25) is 25.9 Å². The van der Waals surface area contributed by atoms with Crippen molar-refractivity contribution in [3.8, 4) is 39.8 Å². The predicted molar refractivity (Wildman–Crippen MR) is 270 cm³/mol. The molecule has 0 saturated carbocycles. The normalized spacial score (nSPS) is 12.2. The van der Waals surface area contributed by atoms with Crippen LogP contribution in [0.5, 0.6) is 17.2 Å². The minimum Gasteiger partial charge on any atom is -0.497 e. The first-order valence-corrected chi connectivity index (χ1v) is 26.3. The average Bonchev–Trinajstić information content (AvgIpc) is 4.02. The van der Waals surface area contributed by atoms with E-state index in [1.54, 1.807) is 104 Å². The maximum atomic E-state index is 16.2. The van der Waals surface area contributed by atoms with Crippen molar-refractivity contribution < 1.29 is 45.7 Å². The molecule has 6 aromatic carbocycles. The number of aliphatic hydroxyl groups excluding tert-OH is 1. The number of aromatic nitrogens is 5. The number of nitrogens with one attached hydrogen (secondary N) is 2. The molecule has 0 radical (unpaired) electrons. The van der Waals surface area contributed by atoms with Crippen LogP contribution in [0, 0.1) is 0 Å². The van der Waals surface area contributed by atoms with Crippen molar-refractivity contribution >= 4 is 63.6 Å². The molecule has 1 amide bonds. The summed E-state index contributed by atoms with van der Waals surface area (Å²) in [4.78, 5) is 17.4. The van der Waals surface area contributed by atoms with Gasteiger partial charge in [0.25, 0.3) is 0 Å². The third kappa shape index (κ3) is 12.0. The van der Waals surface area contributed by atoms with Gasteiger partial charge in [-0.15, -0.1) is 21.5 Å². The third-order valence-electron chi connectivity index (χ3n) is 11.1. The highest BCUT2D eigenvalue weighted by Gasteiger charge is 2.39. The molecule has 71 heavy (non-hydrogen) atoms. The van der Waals surface area contributed by atoms with Crippen molar-refractivity contribution in [2.24, 2.45) is 0 Å². The molecule has 0 spiro atoms. The van der Waals surface area contributed by atoms with Crippen LogP contribution in [0.25, 0.3) is 32.7 Å². The fourth-order valence-electron chi connectivity index (χ4n) is 7.55. The number of hydrogen-bond acceptors (Lipinski definition) is 15. The SMILES string of the molecule is COc1ccc(CN(Cc2ccc(OC)cc2)S(=O)(=O)c2c(S(=O)(=O)N[C@H](CO)CNC(=O)OCc3ccccc3)ccc(-c3cccc4sc(Br)nc34)c2-c2nnn(Cc3ccc(OC)cc3)n2)cc1. The van der Waals surface area contributed by atoms with E-state index in [1.165, 1.54) is 42.5 Å². The molecule has 1 atom stereocenters. The van der Waals surface area contributed by atoms with Gasteiger partial charge in [0.05, 0.1) is 56.3 Å². The van der Waals surface area contributed by atoms with E-state index in [0.29, 0.717) is 43.4 Å². The number of halogens is 1. The van der Waals surface area contributed by atoms with Gasteiger partial charge < -0.3 is 29.4 Å². The number of amides is 1. The second-order valence-electron chi connectivity index (χ2n) is 15.8. The number of carbonyl (C=O) groups excluding carboxylic acids is 1. The number of thiazole rings is 1. The van der Waals surface area contributed by atoms with Crippen molar-refractivity contribution in [1.82, 2.24) is 39.5 Å². The molecule has 0 saturated heterocycles. The van der Waals surface area contributed by atoms with Gasteiger partial charge in [0.15, 0.2) is 3.92 Å². The number of tetrazole rings is 1. The van der Waals surface area contributed by atoms with Crippen molar-refractivity contribution in [2.75, 3.05) is 34.5 Å². The first-order chi connectivity index (χ1) is 34.3. The van der Waals surface area contributed by atoms with E-state index in [9.17, 15) is 9.90 Å².